The van der Waals surface area contributed by atoms with E-state index in [9.17, 15) is 4.39 Å². The van der Waals surface area contributed by atoms with E-state index < -0.39 is 11.6 Å². The van der Waals surface area contributed by atoms with Crippen molar-refractivity contribution < 1.29 is 13.5 Å². The molecule has 48 heavy (non-hydrogen) atoms. The minimum absolute atomic E-state index is 0.0857. The molecule has 0 saturated carbocycles. The van der Waals surface area contributed by atoms with Crippen LogP contribution in [0.5, 0.6) is 5.75 Å². The lowest BCUT2D eigenvalue weighted by Crippen LogP contribution is -2.22. The van der Waals surface area contributed by atoms with Crippen LogP contribution in [0.4, 0.5) is 14.5 Å². The van der Waals surface area contributed by atoms with Gasteiger partial charge in [0.05, 0.1) is 17.5 Å². The first-order chi connectivity index (χ1) is 23.0. The summed E-state index contributed by atoms with van der Waals surface area (Å²) in [5.41, 5.74) is 24.1. The molecule has 1 radical (unpaired) electrons. The lowest BCUT2D eigenvalue weighted by Gasteiger charge is -2.22. The fourth-order valence-electron chi connectivity index (χ4n) is 5.47. The third kappa shape index (κ3) is 8.97. The van der Waals surface area contributed by atoms with Gasteiger partial charge in [-0.3, -0.25) is 0 Å². The van der Waals surface area contributed by atoms with Crippen molar-refractivity contribution in [1.82, 2.24) is 10.3 Å². The molecule has 0 spiro atoms. The highest BCUT2D eigenvalue weighted by Gasteiger charge is 2.30. The number of aromatic nitrogens is 1. The zero-order valence-corrected chi connectivity index (χ0v) is 29.4. The zero-order valence-electron chi connectivity index (χ0n) is 28.6. The lowest BCUT2D eigenvalue weighted by molar-refractivity contribution is 0.337. The molecule has 1 aliphatic rings. The van der Waals surface area contributed by atoms with Gasteiger partial charge in [0.25, 0.3) is 0 Å². The van der Waals surface area contributed by atoms with E-state index >= 15 is 4.39 Å². The molecule has 5 rings (SSSR count). The molecule has 2 heterocycles. The van der Waals surface area contributed by atoms with Crippen LogP contribution in [0.1, 0.15) is 78.6 Å². The van der Waals surface area contributed by atoms with Crippen molar-refractivity contribution in [2.75, 3.05) is 18.9 Å². The summed E-state index contributed by atoms with van der Waals surface area (Å²) in [6.07, 6.45) is 2.04. The van der Waals surface area contributed by atoms with Crippen molar-refractivity contribution in [2.24, 2.45) is 11.4 Å². The minimum Gasteiger partial charge on any atom is -0.490 e. The van der Waals surface area contributed by atoms with Gasteiger partial charge in [-0.05, 0) is 65.9 Å². The number of hydrogen-bond donors (Lipinski definition) is 4. The number of nitrogens with two attached hydrogens (primary N) is 3. The Balaban J connectivity index is 0.00000118. The second kappa shape index (κ2) is 17.7. The van der Waals surface area contributed by atoms with Crippen LogP contribution in [0.2, 0.25) is 6.82 Å². The van der Waals surface area contributed by atoms with Gasteiger partial charge in [-0.1, -0.05) is 83.0 Å². The van der Waals surface area contributed by atoms with Crippen molar-refractivity contribution >= 4 is 36.5 Å². The van der Waals surface area contributed by atoms with Gasteiger partial charge in [0.15, 0.2) is 7.41 Å². The standard InChI is InChI=1S/C35H35ClF2N4O.C2H6.CH5BN/c1-5-22-13-27(30(38)16-29(22)37)34-35-26(20(3)18-43-35)15-31(42-34)28(23-9-7-6-8-10-23)17-41-21(4)24-11-19(2)33(40)25(12-24)14-32(36)39;1-2;1-2-3/h6-16,20,28,41H,4-5,17-18,39-40H2,1-3H3;1-2H3;3H2,1H3/b32-14-;;. The van der Waals surface area contributed by atoms with Crippen LogP contribution in [0, 0.1) is 18.6 Å². The number of anilines is 1. The molecule has 1 aliphatic heterocycles. The first-order valence-corrected chi connectivity index (χ1v) is 16.5. The van der Waals surface area contributed by atoms with E-state index in [2.05, 4.69) is 18.8 Å². The van der Waals surface area contributed by atoms with Gasteiger partial charge in [0.2, 0.25) is 0 Å². The Bertz CT molecular complexity index is 1750. The van der Waals surface area contributed by atoms with Crippen LogP contribution < -0.4 is 27.2 Å². The van der Waals surface area contributed by atoms with Gasteiger partial charge in [-0.25, -0.2) is 13.8 Å². The maximum absolute atomic E-state index is 15.3. The van der Waals surface area contributed by atoms with Crippen molar-refractivity contribution in [1.29, 1.82) is 0 Å². The molecule has 7 N–H and O–H groups in total. The van der Waals surface area contributed by atoms with Crippen LogP contribution >= 0.6 is 11.6 Å². The summed E-state index contributed by atoms with van der Waals surface area (Å²) in [4.78, 5) is 5.00. The van der Waals surface area contributed by atoms with Crippen molar-refractivity contribution in [3.63, 3.8) is 0 Å². The number of ether oxygens (including phenoxy) is 1. The topological polar surface area (TPSA) is 112 Å². The van der Waals surface area contributed by atoms with Crippen LogP contribution in [-0.2, 0) is 6.42 Å². The van der Waals surface area contributed by atoms with Crippen molar-refractivity contribution in [3.05, 3.63) is 123 Å². The van der Waals surface area contributed by atoms with E-state index in [0.29, 0.717) is 53.5 Å². The molecule has 0 bridgehead atoms. The summed E-state index contributed by atoms with van der Waals surface area (Å²) >= 11 is 5.94. The Kier molecular flexibility index (Phi) is 14.1. The fraction of sp³-hybridized carbons (Fsp3) is 0.289. The molecule has 0 aliphatic carbocycles. The maximum atomic E-state index is 15.3. The number of halogens is 3. The first-order valence-electron chi connectivity index (χ1n) is 16.1. The SMILES string of the molecule is C=C(NCC(c1ccccc1)c1cc2c(c(-c3cc(CC)c(F)cc3F)n1)OCC2C)c1cc(C)c(N)c(/C=C(\N)Cl)c1.CC.C[B]N. The maximum Gasteiger partial charge on any atom is 0.198 e. The van der Waals surface area contributed by atoms with E-state index in [1.807, 2.05) is 76.2 Å². The molecular weight excluding hydrogens is 627 g/mol. The van der Waals surface area contributed by atoms with E-state index in [1.54, 1.807) is 19.0 Å². The van der Waals surface area contributed by atoms with Gasteiger partial charge >= 0.3 is 0 Å². The fourth-order valence-corrected chi connectivity index (χ4v) is 5.59. The second-order valence-corrected chi connectivity index (χ2v) is 11.7. The predicted octanol–water partition coefficient (Wildman–Crippen LogP) is 8.50. The Labute approximate surface area is 289 Å². The summed E-state index contributed by atoms with van der Waals surface area (Å²) < 4.78 is 35.8. The highest BCUT2D eigenvalue weighted by atomic mass is 35.5. The highest BCUT2D eigenvalue weighted by molar-refractivity contribution is 6.31. The van der Waals surface area contributed by atoms with Crippen LogP contribution in [0.15, 0.2) is 72.4 Å². The zero-order chi connectivity index (χ0) is 35.5. The number of nitrogens with one attached hydrogen (secondary N) is 1. The number of fused-ring (bicyclic) bond motifs is 1. The first kappa shape index (κ1) is 38.1. The van der Waals surface area contributed by atoms with Crippen LogP contribution in [0.25, 0.3) is 23.0 Å². The second-order valence-electron chi connectivity index (χ2n) is 11.3. The molecule has 6 nitrogen and oxygen atoms in total. The summed E-state index contributed by atoms with van der Waals surface area (Å²) in [6.45, 7) is 16.8. The monoisotopic (exact) mass is 672 g/mol. The minimum atomic E-state index is -0.673. The number of aryl methyl sites for hydroxylation is 2. The van der Waals surface area contributed by atoms with Crippen molar-refractivity contribution in [2.45, 2.75) is 59.7 Å². The lowest BCUT2D eigenvalue weighted by atomic mass is 9.90. The number of nitrogen functional groups attached to an aromatic ring is 1. The Morgan fingerprint density at radius 1 is 1.15 bits per heavy atom. The number of pyridine rings is 1. The quantitative estimate of drug-likeness (QED) is 0.0806. The highest BCUT2D eigenvalue weighted by Crippen LogP contribution is 2.43. The molecule has 0 amide bonds. The van der Waals surface area contributed by atoms with Gasteiger partial charge < -0.3 is 27.2 Å². The molecule has 0 fully saturated rings. The van der Waals surface area contributed by atoms with Crippen molar-refractivity contribution in [3.8, 4) is 17.0 Å². The molecule has 1 aromatic heterocycles. The molecule has 2 atom stereocenters. The van der Waals surface area contributed by atoms with E-state index in [4.69, 9.17) is 38.4 Å². The number of benzene rings is 3. The number of hydrogen-bond acceptors (Lipinski definition) is 6. The van der Waals surface area contributed by atoms with E-state index in [1.165, 1.54) is 7.41 Å². The largest absolute Gasteiger partial charge is 0.490 e. The van der Waals surface area contributed by atoms with E-state index in [-0.39, 0.29) is 22.6 Å². The number of rotatable bonds is 9. The Hall–Kier alpha value is -4.34. The third-order valence-corrected chi connectivity index (χ3v) is 8.05. The van der Waals surface area contributed by atoms with Gasteiger partial charge in [-0.2, -0.15) is 0 Å². The molecule has 4 aromatic rings. The molecule has 2 unspecified atom stereocenters. The predicted molar refractivity (Wildman–Crippen MR) is 199 cm³/mol. The molecule has 0 saturated heterocycles. The normalized spacial score (nSPS) is 14.0. The summed E-state index contributed by atoms with van der Waals surface area (Å²) in [6, 6.07) is 18.3. The molecule has 3 aromatic carbocycles. The molecular formula is C38H46BClF2N5O. The summed E-state index contributed by atoms with van der Waals surface area (Å²) in [5, 5.41) is 3.61. The third-order valence-electron chi connectivity index (χ3n) is 7.94. The number of nitrogens with zero attached hydrogens (tertiary/aromatic N) is 1. The van der Waals surface area contributed by atoms with Crippen LogP contribution in [0.3, 0.4) is 0 Å². The average Bonchev–Trinajstić information content (AvgIpc) is 3.45. The van der Waals surface area contributed by atoms with E-state index in [0.717, 1.165) is 34.0 Å². The molecule has 253 valence electrons. The van der Waals surface area contributed by atoms with Gasteiger partial charge in [0, 0.05) is 52.5 Å². The summed E-state index contributed by atoms with van der Waals surface area (Å²) in [7, 11) is 1.50. The smallest absolute Gasteiger partial charge is 0.198 e. The molecule has 10 heteroatoms. The van der Waals surface area contributed by atoms with Crippen LogP contribution in [-0.4, -0.2) is 25.6 Å². The summed E-state index contributed by atoms with van der Waals surface area (Å²) in [5.74, 6) is -0.835. The Morgan fingerprint density at radius 2 is 1.81 bits per heavy atom. The van der Waals surface area contributed by atoms with Gasteiger partial charge in [0.1, 0.15) is 23.1 Å². The Morgan fingerprint density at radius 3 is 2.44 bits per heavy atom. The average molecular weight is 673 g/mol. The van der Waals surface area contributed by atoms with Gasteiger partial charge in [-0.15, -0.1) is 0 Å².